The number of nitrogens with two attached hydrogens (primary N) is 1. The quantitative estimate of drug-likeness (QED) is 0.929. The average Bonchev–Trinajstić information content (AvgIpc) is 3.08. The summed E-state index contributed by atoms with van der Waals surface area (Å²) >= 11 is 0. The molecular weight excluding hydrogens is 276 g/mol. The van der Waals surface area contributed by atoms with Crippen molar-refractivity contribution >= 4 is 5.91 Å². The van der Waals surface area contributed by atoms with Gasteiger partial charge in [0.05, 0.1) is 0 Å². The molecule has 0 spiro atoms. The number of hydrogen-bond acceptors (Lipinski definition) is 3. The number of carbonyl (C=O) groups is 1. The Balaban J connectivity index is 1.50. The van der Waals surface area contributed by atoms with Crippen molar-refractivity contribution in [2.24, 2.45) is 17.6 Å². The Hall–Kier alpha value is -1.55. The SMILES string of the molecule is CC(C)c1ccc(OCC(=O)N2CC3CCC(N)C3C2)cc1. The van der Waals surface area contributed by atoms with Crippen molar-refractivity contribution < 1.29 is 9.53 Å². The van der Waals surface area contributed by atoms with Crippen molar-refractivity contribution in [3.8, 4) is 5.75 Å². The summed E-state index contributed by atoms with van der Waals surface area (Å²) in [5.74, 6) is 2.44. The maximum absolute atomic E-state index is 12.3. The van der Waals surface area contributed by atoms with E-state index in [1.807, 2.05) is 17.0 Å². The van der Waals surface area contributed by atoms with Crippen LogP contribution in [0.4, 0.5) is 0 Å². The number of benzene rings is 1. The molecule has 0 radical (unpaired) electrons. The van der Waals surface area contributed by atoms with Crippen LogP contribution in [-0.2, 0) is 4.79 Å². The minimum atomic E-state index is 0.0783. The lowest BCUT2D eigenvalue weighted by Crippen LogP contribution is -2.36. The van der Waals surface area contributed by atoms with Crippen molar-refractivity contribution in [1.82, 2.24) is 4.90 Å². The number of carbonyl (C=O) groups excluding carboxylic acids is 1. The number of ether oxygens (including phenoxy) is 1. The van der Waals surface area contributed by atoms with Crippen LogP contribution in [-0.4, -0.2) is 36.5 Å². The Morgan fingerprint density at radius 1 is 1.27 bits per heavy atom. The van der Waals surface area contributed by atoms with Gasteiger partial charge in [-0.15, -0.1) is 0 Å². The van der Waals surface area contributed by atoms with Crippen molar-refractivity contribution in [3.05, 3.63) is 29.8 Å². The molecule has 0 bridgehead atoms. The Morgan fingerprint density at radius 2 is 2.00 bits per heavy atom. The molecule has 2 N–H and O–H groups in total. The molecule has 120 valence electrons. The molecule has 1 heterocycles. The maximum atomic E-state index is 12.3. The lowest BCUT2D eigenvalue weighted by Gasteiger charge is -2.19. The smallest absolute Gasteiger partial charge is 0.260 e. The van der Waals surface area contributed by atoms with E-state index < -0.39 is 0 Å². The second-order valence-corrected chi connectivity index (χ2v) is 6.98. The predicted octanol–water partition coefficient (Wildman–Crippen LogP) is 2.38. The zero-order valence-corrected chi connectivity index (χ0v) is 13.5. The molecule has 1 saturated heterocycles. The van der Waals surface area contributed by atoms with Gasteiger partial charge in [-0.1, -0.05) is 26.0 Å². The van der Waals surface area contributed by atoms with Gasteiger partial charge in [-0.3, -0.25) is 4.79 Å². The first-order chi connectivity index (χ1) is 10.5. The highest BCUT2D eigenvalue weighted by atomic mass is 16.5. The lowest BCUT2D eigenvalue weighted by atomic mass is 9.98. The van der Waals surface area contributed by atoms with Gasteiger partial charge in [-0.05, 0) is 48.3 Å². The van der Waals surface area contributed by atoms with Gasteiger partial charge in [0.1, 0.15) is 5.75 Å². The number of amides is 1. The van der Waals surface area contributed by atoms with Gasteiger partial charge in [0.15, 0.2) is 6.61 Å². The van der Waals surface area contributed by atoms with Crippen LogP contribution in [0.15, 0.2) is 24.3 Å². The molecule has 22 heavy (non-hydrogen) atoms. The predicted molar refractivity (Wildman–Crippen MR) is 86.8 cm³/mol. The van der Waals surface area contributed by atoms with Crippen molar-refractivity contribution in [1.29, 1.82) is 0 Å². The van der Waals surface area contributed by atoms with Crippen molar-refractivity contribution in [2.45, 2.75) is 38.6 Å². The first-order valence-electron chi connectivity index (χ1n) is 8.30. The summed E-state index contributed by atoms with van der Waals surface area (Å²) in [6.07, 6.45) is 2.27. The molecule has 1 saturated carbocycles. The summed E-state index contributed by atoms with van der Waals surface area (Å²) in [5.41, 5.74) is 7.39. The van der Waals surface area contributed by atoms with Gasteiger partial charge in [0.2, 0.25) is 0 Å². The molecule has 1 amide bonds. The second-order valence-electron chi connectivity index (χ2n) is 6.98. The standard InChI is InChI=1S/C18H26N2O2/c1-12(2)13-3-6-15(7-4-13)22-11-18(21)20-9-14-5-8-17(19)16(14)10-20/h3-4,6-7,12,14,16-17H,5,8-11,19H2,1-2H3. The normalized spacial score (nSPS) is 27.3. The Morgan fingerprint density at radius 3 is 2.64 bits per heavy atom. The average molecular weight is 302 g/mol. The fourth-order valence-corrected chi connectivity index (χ4v) is 3.70. The van der Waals surface area contributed by atoms with Crippen LogP contribution in [0.25, 0.3) is 0 Å². The van der Waals surface area contributed by atoms with Crippen LogP contribution in [0.1, 0.15) is 38.2 Å². The molecular formula is C18H26N2O2. The van der Waals surface area contributed by atoms with Gasteiger partial charge in [-0.2, -0.15) is 0 Å². The van der Waals surface area contributed by atoms with Crippen molar-refractivity contribution in [2.75, 3.05) is 19.7 Å². The Bertz CT molecular complexity index is 526. The van der Waals surface area contributed by atoms with Gasteiger partial charge >= 0.3 is 0 Å². The minimum Gasteiger partial charge on any atom is -0.484 e. The topological polar surface area (TPSA) is 55.6 Å². The van der Waals surface area contributed by atoms with E-state index in [4.69, 9.17) is 10.5 Å². The van der Waals surface area contributed by atoms with Crippen LogP contribution in [0.2, 0.25) is 0 Å². The molecule has 0 aromatic heterocycles. The summed E-state index contributed by atoms with van der Waals surface area (Å²) in [7, 11) is 0. The molecule has 3 atom stereocenters. The monoisotopic (exact) mass is 302 g/mol. The molecule has 2 fully saturated rings. The zero-order chi connectivity index (χ0) is 15.7. The van der Waals surface area contributed by atoms with Crippen LogP contribution in [0, 0.1) is 11.8 Å². The molecule has 1 aromatic carbocycles. The summed E-state index contributed by atoms with van der Waals surface area (Å²) in [6.45, 7) is 6.10. The molecule has 4 nitrogen and oxygen atoms in total. The Labute approximate surface area is 132 Å². The van der Waals surface area contributed by atoms with Crippen LogP contribution >= 0.6 is 0 Å². The molecule has 3 unspecified atom stereocenters. The van der Waals surface area contributed by atoms with E-state index in [1.54, 1.807) is 0 Å². The summed E-state index contributed by atoms with van der Waals surface area (Å²) in [5, 5.41) is 0. The second kappa shape index (κ2) is 6.29. The highest BCUT2D eigenvalue weighted by molar-refractivity contribution is 5.78. The minimum absolute atomic E-state index is 0.0783. The third-order valence-corrected chi connectivity index (χ3v) is 5.17. The number of nitrogens with zero attached hydrogens (tertiary/aromatic N) is 1. The van der Waals surface area contributed by atoms with Crippen LogP contribution in [0.5, 0.6) is 5.75 Å². The first kappa shape index (κ1) is 15.3. The summed E-state index contributed by atoms with van der Waals surface area (Å²) in [6, 6.07) is 8.27. The van der Waals surface area contributed by atoms with E-state index in [2.05, 4.69) is 26.0 Å². The highest BCUT2D eigenvalue weighted by Crippen LogP contribution is 2.37. The number of fused-ring (bicyclic) bond motifs is 1. The maximum Gasteiger partial charge on any atom is 0.260 e. The Kier molecular flexibility index (Phi) is 4.39. The zero-order valence-electron chi connectivity index (χ0n) is 13.5. The van der Waals surface area contributed by atoms with E-state index in [-0.39, 0.29) is 18.6 Å². The summed E-state index contributed by atoms with van der Waals surface area (Å²) < 4.78 is 5.64. The van der Waals surface area contributed by atoms with Crippen LogP contribution in [0.3, 0.4) is 0 Å². The third kappa shape index (κ3) is 3.12. The van der Waals surface area contributed by atoms with E-state index in [9.17, 15) is 4.79 Å². The third-order valence-electron chi connectivity index (χ3n) is 5.17. The fourth-order valence-electron chi connectivity index (χ4n) is 3.70. The molecule has 2 aliphatic rings. The fraction of sp³-hybridized carbons (Fsp3) is 0.611. The first-order valence-corrected chi connectivity index (χ1v) is 8.30. The van der Waals surface area contributed by atoms with Gasteiger partial charge < -0.3 is 15.4 Å². The molecule has 3 rings (SSSR count). The molecule has 4 heteroatoms. The lowest BCUT2D eigenvalue weighted by molar-refractivity contribution is -0.132. The van der Waals surface area contributed by atoms with Gasteiger partial charge in [-0.25, -0.2) is 0 Å². The van der Waals surface area contributed by atoms with Gasteiger partial charge in [0, 0.05) is 19.1 Å². The number of hydrogen-bond donors (Lipinski definition) is 1. The molecule has 1 aliphatic heterocycles. The van der Waals surface area contributed by atoms with Crippen molar-refractivity contribution in [3.63, 3.8) is 0 Å². The largest absolute Gasteiger partial charge is 0.484 e. The van der Waals surface area contributed by atoms with E-state index >= 15 is 0 Å². The number of rotatable bonds is 4. The summed E-state index contributed by atoms with van der Waals surface area (Å²) in [4.78, 5) is 14.2. The van der Waals surface area contributed by atoms with Gasteiger partial charge in [0.25, 0.3) is 5.91 Å². The highest BCUT2D eigenvalue weighted by Gasteiger charge is 2.42. The van der Waals surface area contributed by atoms with Crippen LogP contribution < -0.4 is 10.5 Å². The van der Waals surface area contributed by atoms with E-state index in [0.717, 1.165) is 31.7 Å². The number of likely N-dealkylation sites (tertiary alicyclic amines) is 1. The van der Waals surface area contributed by atoms with E-state index in [0.29, 0.717) is 17.8 Å². The molecule has 1 aliphatic carbocycles. The van der Waals surface area contributed by atoms with E-state index in [1.165, 1.54) is 5.56 Å². The molecule has 1 aromatic rings.